The van der Waals surface area contributed by atoms with Crippen LogP contribution in [0.4, 0.5) is 5.82 Å². The maximum Gasteiger partial charge on any atom is 0.307 e. The molecule has 1 saturated heterocycles. The Balaban J connectivity index is 1.73. The molecule has 0 aliphatic carbocycles. The SMILES string of the molecule is CC(C)C[C@H](C(=O)O)[C@H](Cc1ccc(N2CCC(CN)CC2)nc1)c1nn[nH]n1. The maximum atomic E-state index is 12.0. The predicted octanol–water partition coefficient (Wildman–Crippen LogP) is 1.84. The van der Waals surface area contributed by atoms with Gasteiger partial charge in [-0.1, -0.05) is 25.1 Å². The van der Waals surface area contributed by atoms with E-state index >= 15 is 0 Å². The van der Waals surface area contributed by atoms with Gasteiger partial charge in [-0.05, 0) is 55.7 Å². The Kier molecular flexibility index (Phi) is 7.13. The quantitative estimate of drug-likeness (QED) is 0.579. The standard InChI is InChI=1S/C20H31N7O2/c1-13(2)9-17(20(28)29)16(19-23-25-26-24-19)10-15-3-4-18(22-12-15)27-7-5-14(11-21)6-8-27/h3-4,12-14,16-17H,5-11,21H2,1-2H3,(H,28,29)(H,23,24,25,26)/t16-,17-/m0/s1. The topological polar surface area (TPSA) is 134 Å². The minimum absolute atomic E-state index is 0.252. The highest BCUT2D eigenvalue weighted by Crippen LogP contribution is 2.31. The molecule has 29 heavy (non-hydrogen) atoms. The second kappa shape index (κ2) is 9.78. The number of carboxylic acid groups (broad SMARTS) is 1. The summed E-state index contributed by atoms with van der Waals surface area (Å²) in [5, 5.41) is 24.1. The Morgan fingerprint density at radius 2 is 2.10 bits per heavy atom. The van der Waals surface area contributed by atoms with Gasteiger partial charge in [-0.3, -0.25) is 4.79 Å². The van der Waals surface area contributed by atoms with Crippen molar-refractivity contribution in [1.82, 2.24) is 25.6 Å². The Morgan fingerprint density at radius 3 is 2.62 bits per heavy atom. The molecule has 0 saturated carbocycles. The van der Waals surface area contributed by atoms with Gasteiger partial charge >= 0.3 is 5.97 Å². The van der Waals surface area contributed by atoms with Crippen LogP contribution in [0.25, 0.3) is 0 Å². The molecule has 0 radical (unpaired) electrons. The third-order valence-electron chi connectivity index (χ3n) is 5.76. The Bertz CT molecular complexity index is 756. The lowest BCUT2D eigenvalue weighted by Crippen LogP contribution is -2.36. The number of nitrogens with two attached hydrogens (primary N) is 1. The van der Waals surface area contributed by atoms with Gasteiger partial charge in [0, 0.05) is 25.2 Å². The first-order chi connectivity index (χ1) is 14.0. The van der Waals surface area contributed by atoms with Gasteiger partial charge in [0.1, 0.15) is 5.82 Å². The molecule has 4 N–H and O–H groups in total. The Morgan fingerprint density at radius 1 is 1.34 bits per heavy atom. The van der Waals surface area contributed by atoms with Crippen LogP contribution in [0, 0.1) is 17.8 Å². The molecular formula is C20H31N7O2. The summed E-state index contributed by atoms with van der Waals surface area (Å²) in [5.41, 5.74) is 6.74. The average molecular weight is 402 g/mol. The zero-order chi connectivity index (χ0) is 20.8. The first-order valence-corrected chi connectivity index (χ1v) is 10.3. The molecule has 9 heteroatoms. The van der Waals surface area contributed by atoms with Crippen molar-refractivity contribution >= 4 is 11.8 Å². The van der Waals surface area contributed by atoms with Gasteiger partial charge in [-0.25, -0.2) is 4.98 Å². The van der Waals surface area contributed by atoms with Crippen molar-refractivity contribution in [2.75, 3.05) is 24.5 Å². The van der Waals surface area contributed by atoms with E-state index in [0.717, 1.165) is 43.9 Å². The molecular weight excluding hydrogens is 370 g/mol. The third kappa shape index (κ3) is 5.50. The number of nitrogens with one attached hydrogen (secondary N) is 1. The molecule has 3 rings (SSSR count). The predicted molar refractivity (Wildman–Crippen MR) is 109 cm³/mol. The van der Waals surface area contributed by atoms with E-state index in [-0.39, 0.29) is 11.8 Å². The monoisotopic (exact) mass is 401 g/mol. The fourth-order valence-electron chi connectivity index (χ4n) is 4.06. The fourth-order valence-corrected chi connectivity index (χ4v) is 4.06. The van der Waals surface area contributed by atoms with Crippen molar-refractivity contribution in [1.29, 1.82) is 0 Å². The van der Waals surface area contributed by atoms with Gasteiger partial charge in [-0.2, -0.15) is 5.21 Å². The van der Waals surface area contributed by atoms with Crippen LogP contribution < -0.4 is 10.6 Å². The van der Waals surface area contributed by atoms with E-state index in [1.165, 1.54) is 0 Å². The third-order valence-corrected chi connectivity index (χ3v) is 5.76. The molecule has 3 heterocycles. The highest BCUT2D eigenvalue weighted by atomic mass is 16.4. The number of pyridine rings is 1. The molecule has 0 bridgehead atoms. The number of H-pyrrole nitrogens is 1. The Hall–Kier alpha value is -2.55. The molecule has 2 aromatic rings. The molecule has 1 aliphatic rings. The van der Waals surface area contributed by atoms with E-state index in [0.29, 0.717) is 24.6 Å². The second-order valence-electron chi connectivity index (χ2n) is 8.35. The van der Waals surface area contributed by atoms with E-state index < -0.39 is 11.9 Å². The number of tetrazole rings is 1. The minimum atomic E-state index is -0.833. The van der Waals surface area contributed by atoms with Crippen LogP contribution >= 0.6 is 0 Å². The number of aromatic nitrogens is 5. The summed E-state index contributed by atoms with van der Waals surface area (Å²) in [5.74, 6) is 0.478. The number of nitrogens with zero attached hydrogens (tertiary/aromatic N) is 5. The molecule has 2 atom stereocenters. The number of anilines is 1. The van der Waals surface area contributed by atoms with E-state index in [1.54, 1.807) is 0 Å². The average Bonchev–Trinajstić information content (AvgIpc) is 3.25. The summed E-state index contributed by atoms with van der Waals surface area (Å²) in [6.45, 7) is 6.73. The molecule has 9 nitrogen and oxygen atoms in total. The minimum Gasteiger partial charge on any atom is -0.481 e. The van der Waals surface area contributed by atoms with Gasteiger partial charge in [0.15, 0.2) is 5.82 Å². The van der Waals surface area contributed by atoms with Crippen LogP contribution in [0.5, 0.6) is 0 Å². The summed E-state index contributed by atoms with van der Waals surface area (Å²) < 4.78 is 0. The van der Waals surface area contributed by atoms with Crippen LogP contribution in [0.2, 0.25) is 0 Å². The first-order valence-electron chi connectivity index (χ1n) is 10.3. The lowest BCUT2D eigenvalue weighted by atomic mass is 9.81. The number of hydrogen-bond donors (Lipinski definition) is 3. The summed E-state index contributed by atoms with van der Waals surface area (Å²) in [7, 11) is 0. The lowest BCUT2D eigenvalue weighted by molar-refractivity contribution is -0.143. The smallest absolute Gasteiger partial charge is 0.307 e. The van der Waals surface area contributed by atoms with Crippen molar-refractivity contribution in [3.05, 3.63) is 29.7 Å². The van der Waals surface area contributed by atoms with E-state index in [2.05, 4.69) is 30.5 Å². The van der Waals surface area contributed by atoms with Crippen LogP contribution in [0.3, 0.4) is 0 Å². The summed E-state index contributed by atoms with van der Waals surface area (Å²) in [6.07, 6.45) is 5.08. The highest BCUT2D eigenvalue weighted by Gasteiger charge is 2.33. The molecule has 0 unspecified atom stereocenters. The molecule has 2 aromatic heterocycles. The van der Waals surface area contributed by atoms with Gasteiger partial charge in [0.25, 0.3) is 0 Å². The number of carbonyl (C=O) groups is 1. The summed E-state index contributed by atoms with van der Waals surface area (Å²) >= 11 is 0. The number of rotatable bonds is 9. The number of aliphatic carboxylic acids is 1. The molecule has 1 aliphatic heterocycles. The first kappa shape index (κ1) is 21.2. The number of aromatic amines is 1. The zero-order valence-electron chi connectivity index (χ0n) is 17.2. The van der Waals surface area contributed by atoms with E-state index in [4.69, 9.17) is 5.73 Å². The second-order valence-corrected chi connectivity index (χ2v) is 8.35. The zero-order valence-corrected chi connectivity index (χ0v) is 17.2. The molecule has 0 spiro atoms. The van der Waals surface area contributed by atoms with Crippen molar-refractivity contribution in [2.45, 2.75) is 45.4 Å². The van der Waals surface area contributed by atoms with Crippen LogP contribution in [-0.4, -0.2) is 56.3 Å². The van der Waals surface area contributed by atoms with Gasteiger partial charge < -0.3 is 15.7 Å². The maximum absolute atomic E-state index is 12.0. The lowest BCUT2D eigenvalue weighted by Gasteiger charge is -2.32. The molecule has 0 aromatic carbocycles. The van der Waals surface area contributed by atoms with Crippen LogP contribution in [-0.2, 0) is 11.2 Å². The molecule has 0 amide bonds. The molecule has 1 fully saturated rings. The highest BCUT2D eigenvalue weighted by molar-refractivity contribution is 5.71. The van der Waals surface area contributed by atoms with Gasteiger partial charge in [0.2, 0.25) is 0 Å². The van der Waals surface area contributed by atoms with E-state index in [1.807, 2.05) is 32.2 Å². The van der Waals surface area contributed by atoms with Gasteiger partial charge in [0.05, 0.1) is 5.92 Å². The van der Waals surface area contributed by atoms with Crippen LogP contribution in [0.15, 0.2) is 18.3 Å². The van der Waals surface area contributed by atoms with Gasteiger partial charge in [-0.15, -0.1) is 10.2 Å². The Labute approximate surface area is 171 Å². The summed E-state index contributed by atoms with van der Waals surface area (Å²) in [6, 6.07) is 4.04. The van der Waals surface area contributed by atoms with Crippen LogP contribution in [0.1, 0.15) is 50.4 Å². The van der Waals surface area contributed by atoms with Crippen molar-refractivity contribution in [3.63, 3.8) is 0 Å². The van der Waals surface area contributed by atoms with Crippen molar-refractivity contribution in [3.8, 4) is 0 Å². The molecule has 158 valence electrons. The van der Waals surface area contributed by atoms with Crippen molar-refractivity contribution < 1.29 is 9.90 Å². The van der Waals surface area contributed by atoms with E-state index in [9.17, 15) is 9.90 Å². The number of piperidine rings is 1. The van der Waals surface area contributed by atoms with Crippen molar-refractivity contribution in [2.24, 2.45) is 23.5 Å². The number of hydrogen-bond acceptors (Lipinski definition) is 7. The fraction of sp³-hybridized carbons (Fsp3) is 0.650. The number of carboxylic acids is 1. The normalized spacial score (nSPS) is 17.4. The summed E-state index contributed by atoms with van der Waals surface area (Å²) in [4.78, 5) is 18.9. The largest absolute Gasteiger partial charge is 0.481 e.